The molecule has 98 valence electrons. The standard InChI is InChI=1S/C15H21NO2/c1-11(2)12-5-7-14(8-6-12)16-15(17)13-4-3-9-18-10-13/h5-8,11,13H,3-4,9-10H2,1-2H3,(H,16,17). The van der Waals surface area contributed by atoms with E-state index in [-0.39, 0.29) is 11.8 Å². The molecule has 1 aliphatic rings. The minimum atomic E-state index is 0.00326. The van der Waals surface area contributed by atoms with E-state index in [0.717, 1.165) is 25.1 Å². The zero-order valence-corrected chi connectivity index (χ0v) is 11.1. The Kier molecular flexibility index (Phi) is 4.37. The summed E-state index contributed by atoms with van der Waals surface area (Å²) < 4.78 is 5.33. The minimum Gasteiger partial charge on any atom is -0.381 e. The Balaban J connectivity index is 1.94. The lowest BCUT2D eigenvalue weighted by Crippen LogP contribution is -2.30. The third-order valence-corrected chi connectivity index (χ3v) is 3.38. The number of benzene rings is 1. The van der Waals surface area contributed by atoms with E-state index >= 15 is 0 Å². The number of carbonyl (C=O) groups is 1. The van der Waals surface area contributed by atoms with Crippen LogP contribution in [0.25, 0.3) is 0 Å². The van der Waals surface area contributed by atoms with Gasteiger partial charge in [0, 0.05) is 12.3 Å². The summed E-state index contributed by atoms with van der Waals surface area (Å²) in [6, 6.07) is 8.07. The van der Waals surface area contributed by atoms with Crippen molar-refractivity contribution in [2.75, 3.05) is 18.5 Å². The number of carbonyl (C=O) groups excluding carboxylic acids is 1. The van der Waals surface area contributed by atoms with Crippen LogP contribution in [-0.2, 0) is 9.53 Å². The predicted molar refractivity (Wildman–Crippen MR) is 72.7 cm³/mol. The first kappa shape index (κ1) is 13.1. The fraction of sp³-hybridized carbons (Fsp3) is 0.533. The van der Waals surface area contributed by atoms with Gasteiger partial charge in [-0.3, -0.25) is 4.79 Å². The number of ether oxygens (including phenoxy) is 1. The summed E-state index contributed by atoms with van der Waals surface area (Å²) in [6.45, 7) is 5.66. The zero-order chi connectivity index (χ0) is 13.0. The number of hydrogen-bond donors (Lipinski definition) is 1. The van der Waals surface area contributed by atoms with Gasteiger partial charge in [-0.25, -0.2) is 0 Å². The average Bonchev–Trinajstić information content (AvgIpc) is 2.40. The Morgan fingerprint density at radius 1 is 1.33 bits per heavy atom. The molecule has 1 unspecified atom stereocenters. The van der Waals surface area contributed by atoms with E-state index in [9.17, 15) is 4.79 Å². The number of hydrogen-bond acceptors (Lipinski definition) is 2. The van der Waals surface area contributed by atoms with Crippen molar-refractivity contribution in [3.05, 3.63) is 29.8 Å². The topological polar surface area (TPSA) is 38.3 Å². The SMILES string of the molecule is CC(C)c1ccc(NC(=O)C2CCCOC2)cc1. The molecule has 1 heterocycles. The molecular formula is C15H21NO2. The summed E-state index contributed by atoms with van der Waals surface area (Å²) in [5.74, 6) is 0.594. The molecule has 1 atom stereocenters. The number of nitrogens with one attached hydrogen (secondary N) is 1. The largest absolute Gasteiger partial charge is 0.381 e. The Morgan fingerprint density at radius 3 is 2.61 bits per heavy atom. The molecule has 0 spiro atoms. The maximum absolute atomic E-state index is 12.0. The van der Waals surface area contributed by atoms with Gasteiger partial charge in [0.15, 0.2) is 0 Å². The van der Waals surface area contributed by atoms with Gasteiger partial charge in [0.25, 0.3) is 0 Å². The second-order valence-corrected chi connectivity index (χ2v) is 5.18. The van der Waals surface area contributed by atoms with Gasteiger partial charge in [-0.1, -0.05) is 26.0 Å². The van der Waals surface area contributed by atoms with Crippen LogP contribution in [0.1, 0.15) is 38.2 Å². The van der Waals surface area contributed by atoms with Crippen LogP contribution in [0.4, 0.5) is 5.69 Å². The molecule has 18 heavy (non-hydrogen) atoms. The summed E-state index contributed by atoms with van der Waals surface area (Å²) in [6.07, 6.45) is 1.90. The molecule has 1 aromatic carbocycles. The molecule has 1 fully saturated rings. The van der Waals surface area contributed by atoms with Crippen LogP contribution < -0.4 is 5.32 Å². The first-order chi connectivity index (χ1) is 8.66. The first-order valence-corrected chi connectivity index (χ1v) is 6.65. The quantitative estimate of drug-likeness (QED) is 0.891. The fourth-order valence-corrected chi connectivity index (χ4v) is 2.14. The molecule has 1 aromatic rings. The third-order valence-electron chi connectivity index (χ3n) is 3.38. The van der Waals surface area contributed by atoms with Gasteiger partial charge in [-0.05, 0) is 36.5 Å². The van der Waals surface area contributed by atoms with Gasteiger partial charge in [-0.15, -0.1) is 0 Å². The van der Waals surface area contributed by atoms with E-state index in [0.29, 0.717) is 12.5 Å². The molecule has 0 saturated carbocycles. The van der Waals surface area contributed by atoms with E-state index in [1.54, 1.807) is 0 Å². The first-order valence-electron chi connectivity index (χ1n) is 6.65. The van der Waals surface area contributed by atoms with Crippen LogP contribution in [0, 0.1) is 5.92 Å². The second kappa shape index (κ2) is 6.01. The van der Waals surface area contributed by atoms with Crippen LogP contribution in [0.15, 0.2) is 24.3 Å². The van der Waals surface area contributed by atoms with Crippen molar-refractivity contribution in [1.82, 2.24) is 0 Å². The van der Waals surface area contributed by atoms with Crippen molar-refractivity contribution in [2.24, 2.45) is 5.92 Å². The van der Waals surface area contributed by atoms with Gasteiger partial charge < -0.3 is 10.1 Å². The monoisotopic (exact) mass is 247 g/mol. The van der Waals surface area contributed by atoms with Crippen molar-refractivity contribution in [1.29, 1.82) is 0 Å². The lowest BCUT2D eigenvalue weighted by atomic mass is 10.0. The van der Waals surface area contributed by atoms with Crippen molar-refractivity contribution < 1.29 is 9.53 Å². The summed E-state index contributed by atoms with van der Waals surface area (Å²) in [4.78, 5) is 12.0. The van der Waals surface area contributed by atoms with E-state index < -0.39 is 0 Å². The molecule has 0 aliphatic carbocycles. The number of anilines is 1. The maximum Gasteiger partial charge on any atom is 0.229 e. The summed E-state index contributed by atoms with van der Waals surface area (Å²) >= 11 is 0. The molecule has 2 rings (SSSR count). The van der Waals surface area contributed by atoms with Gasteiger partial charge >= 0.3 is 0 Å². The van der Waals surface area contributed by atoms with Crippen LogP contribution >= 0.6 is 0 Å². The molecule has 1 N–H and O–H groups in total. The predicted octanol–water partition coefficient (Wildman–Crippen LogP) is 3.18. The van der Waals surface area contributed by atoms with E-state index in [1.807, 2.05) is 12.1 Å². The lowest BCUT2D eigenvalue weighted by Gasteiger charge is -2.21. The number of amides is 1. The third kappa shape index (κ3) is 3.33. The maximum atomic E-state index is 12.0. The van der Waals surface area contributed by atoms with Gasteiger partial charge in [-0.2, -0.15) is 0 Å². The molecule has 0 bridgehead atoms. The molecule has 0 aromatic heterocycles. The van der Waals surface area contributed by atoms with E-state index in [2.05, 4.69) is 31.3 Å². The molecule has 1 saturated heterocycles. The van der Waals surface area contributed by atoms with Crippen LogP contribution in [0.5, 0.6) is 0 Å². The van der Waals surface area contributed by atoms with E-state index in [4.69, 9.17) is 4.74 Å². The van der Waals surface area contributed by atoms with Crippen molar-refractivity contribution in [3.63, 3.8) is 0 Å². The molecule has 1 aliphatic heterocycles. The molecule has 0 radical (unpaired) electrons. The highest BCUT2D eigenvalue weighted by Gasteiger charge is 2.21. The highest BCUT2D eigenvalue weighted by molar-refractivity contribution is 5.92. The zero-order valence-electron chi connectivity index (χ0n) is 11.1. The lowest BCUT2D eigenvalue weighted by molar-refractivity contribution is -0.123. The second-order valence-electron chi connectivity index (χ2n) is 5.18. The molecule has 3 nitrogen and oxygen atoms in total. The molecule has 1 amide bonds. The summed E-state index contributed by atoms with van der Waals surface area (Å²) in [5.41, 5.74) is 2.16. The minimum absolute atomic E-state index is 0.00326. The van der Waals surface area contributed by atoms with Crippen LogP contribution in [0.3, 0.4) is 0 Å². The molecular weight excluding hydrogens is 226 g/mol. The van der Waals surface area contributed by atoms with Crippen molar-refractivity contribution in [3.8, 4) is 0 Å². The van der Waals surface area contributed by atoms with Crippen molar-refractivity contribution in [2.45, 2.75) is 32.6 Å². The highest BCUT2D eigenvalue weighted by atomic mass is 16.5. The Labute approximate surface area is 109 Å². The highest BCUT2D eigenvalue weighted by Crippen LogP contribution is 2.19. The van der Waals surface area contributed by atoms with Gasteiger partial charge in [0.2, 0.25) is 5.91 Å². The Hall–Kier alpha value is -1.35. The van der Waals surface area contributed by atoms with Crippen molar-refractivity contribution >= 4 is 11.6 Å². The molecule has 3 heteroatoms. The van der Waals surface area contributed by atoms with Crippen LogP contribution in [0.2, 0.25) is 0 Å². The Morgan fingerprint density at radius 2 is 2.06 bits per heavy atom. The number of rotatable bonds is 3. The average molecular weight is 247 g/mol. The Bertz CT molecular complexity index is 391. The summed E-state index contributed by atoms with van der Waals surface area (Å²) in [5, 5.41) is 2.96. The van der Waals surface area contributed by atoms with Gasteiger partial charge in [0.1, 0.15) is 0 Å². The van der Waals surface area contributed by atoms with Gasteiger partial charge in [0.05, 0.1) is 12.5 Å². The normalized spacial score (nSPS) is 19.8. The fourth-order valence-electron chi connectivity index (χ4n) is 2.14. The smallest absolute Gasteiger partial charge is 0.229 e. The van der Waals surface area contributed by atoms with E-state index in [1.165, 1.54) is 5.56 Å². The summed E-state index contributed by atoms with van der Waals surface area (Å²) in [7, 11) is 0. The van der Waals surface area contributed by atoms with Crippen LogP contribution in [-0.4, -0.2) is 19.1 Å².